The number of hydrogen-bond acceptors (Lipinski definition) is 4. The van der Waals surface area contributed by atoms with Gasteiger partial charge in [-0.25, -0.2) is 4.79 Å². The van der Waals surface area contributed by atoms with Gasteiger partial charge in [-0.2, -0.15) is 0 Å². The predicted molar refractivity (Wildman–Crippen MR) is 86.3 cm³/mol. The Balaban J connectivity index is 2.50. The van der Waals surface area contributed by atoms with Gasteiger partial charge in [0.05, 0.1) is 6.10 Å². The topological polar surface area (TPSA) is 78.8 Å². The van der Waals surface area contributed by atoms with Crippen LogP contribution >= 0.6 is 23.2 Å². The number of ether oxygens (including phenoxy) is 1. The van der Waals surface area contributed by atoms with Crippen molar-refractivity contribution in [2.75, 3.05) is 6.54 Å². The monoisotopic (exact) mass is 349 g/mol. The Labute approximate surface area is 140 Å². The highest BCUT2D eigenvalue weighted by Crippen LogP contribution is 2.29. The number of halogens is 2. The van der Waals surface area contributed by atoms with Crippen LogP contribution in [-0.2, 0) is 4.74 Å². The zero-order valence-electron chi connectivity index (χ0n) is 12.8. The maximum absolute atomic E-state index is 11.5. The van der Waals surface area contributed by atoms with Gasteiger partial charge in [0, 0.05) is 22.2 Å². The van der Waals surface area contributed by atoms with Crippen molar-refractivity contribution in [3.8, 4) is 0 Å². The van der Waals surface area contributed by atoms with Gasteiger partial charge in [0.25, 0.3) is 0 Å². The van der Waals surface area contributed by atoms with E-state index in [9.17, 15) is 15.0 Å². The summed E-state index contributed by atoms with van der Waals surface area (Å²) in [4.78, 5) is 11.5. The number of carbonyl (C=O) groups excluding carboxylic acids is 1. The van der Waals surface area contributed by atoms with E-state index in [-0.39, 0.29) is 13.0 Å². The van der Waals surface area contributed by atoms with Crippen molar-refractivity contribution in [3.63, 3.8) is 0 Å². The molecule has 0 aromatic heterocycles. The second-order valence-corrected chi connectivity index (χ2v) is 6.74. The molecule has 0 radical (unpaired) electrons. The van der Waals surface area contributed by atoms with E-state index in [1.54, 1.807) is 32.9 Å². The number of aliphatic hydroxyl groups excluding tert-OH is 2. The SMILES string of the molecule is CC(C)(C)OC(=O)NCCC(O)C(O)c1cc(Cl)ccc1Cl. The molecule has 0 aliphatic heterocycles. The van der Waals surface area contributed by atoms with Crippen LogP contribution in [0.2, 0.25) is 10.0 Å². The first-order chi connectivity index (χ1) is 10.1. The quantitative estimate of drug-likeness (QED) is 0.761. The number of nitrogens with one attached hydrogen (secondary N) is 1. The van der Waals surface area contributed by atoms with Crippen LogP contribution in [0.3, 0.4) is 0 Å². The average Bonchev–Trinajstić information content (AvgIpc) is 2.38. The summed E-state index contributed by atoms with van der Waals surface area (Å²) in [6.45, 7) is 5.43. The summed E-state index contributed by atoms with van der Waals surface area (Å²) in [6, 6.07) is 4.64. The Kier molecular flexibility index (Phi) is 6.94. The molecule has 124 valence electrons. The van der Waals surface area contributed by atoms with E-state index in [1.807, 2.05) is 0 Å². The Hall–Kier alpha value is -1.01. The van der Waals surface area contributed by atoms with Gasteiger partial charge in [-0.15, -0.1) is 0 Å². The minimum absolute atomic E-state index is 0.142. The molecule has 2 atom stereocenters. The van der Waals surface area contributed by atoms with Gasteiger partial charge in [0.2, 0.25) is 0 Å². The molecule has 0 saturated carbocycles. The third-order valence-electron chi connectivity index (χ3n) is 2.75. The summed E-state index contributed by atoms with van der Waals surface area (Å²) in [5.74, 6) is 0. The summed E-state index contributed by atoms with van der Waals surface area (Å²) in [5, 5.41) is 23.3. The molecular formula is C15H21Cl2NO4. The van der Waals surface area contributed by atoms with Gasteiger partial charge in [-0.3, -0.25) is 0 Å². The Morgan fingerprint density at radius 1 is 1.32 bits per heavy atom. The lowest BCUT2D eigenvalue weighted by Gasteiger charge is -2.21. The van der Waals surface area contributed by atoms with Crippen molar-refractivity contribution < 1.29 is 19.7 Å². The van der Waals surface area contributed by atoms with Gasteiger partial charge in [0.1, 0.15) is 11.7 Å². The number of rotatable bonds is 5. The number of carbonyl (C=O) groups is 1. The number of amides is 1. The molecule has 22 heavy (non-hydrogen) atoms. The maximum atomic E-state index is 11.5. The summed E-state index contributed by atoms with van der Waals surface area (Å²) in [6.07, 6.45) is -2.71. The number of alkyl carbamates (subject to hydrolysis) is 1. The lowest BCUT2D eigenvalue weighted by Crippen LogP contribution is -2.34. The molecular weight excluding hydrogens is 329 g/mol. The fraction of sp³-hybridized carbons (Fsp3) is 0.533. The maximum Gasteiger partial charge on any atom is 0.407 e. The van der Waals surface area contributed by atoms with E-state index in [4.69, 9.17) is 27.9 Å². The normalized spacial score (nSPS) is 14.3. The molecule has 0 saturated heterocycles. The molecule has 7 heteroatoms. The molecule has 0 aliphatic carbocycles. The molecule has 1 aromatic rings. The van der Waals surface area contributed by atoms with Crippen molar-refractivity contribution >= 4 is 29.3 Å². The minimum Gasteiger partial charge on any atom is -0.444 e. The van der Waals surface area contributed by atoms with Crippen molar-refractivity contribution in [1.82, 2.24) is 5.32 Å². The largest absolute Gasteiger partial charge is 0.444 e. The Bertz CT molecular complexity index is 517. The van der Waals surface area contributed by atoms with E-state index in [0.29, 0.717) is 15.6 Å². The highest BCUT2D eigenvalue weighted by Gasteiger charge is 2.22. The van der Waals surface area contributed by atoms with Crippen molar-refractivity contribution in [3.05, 3.63) is 33.8 Å². The van der Waals surface area contributed by atoms with Crippen LogP contribution in [0, 0.1) is 0 Å². The fourth-order valence-corrected chi connectivity index (χ4v) is 2.15. The zero-order valence-corrected chi connectivity index (χ0v) is 14.3. The number of benzene rings is 1. The highest BCUT2D eigenvalue weighted by molar-refractivity contribution is 6.33. The second kappa shape index (κ2) is 8.02. The predicted octanol–water partition coefficient (Wildman–Crippen LogP) is 3.30. The van der Waals surface area contributed by atoms with Gasteiger partial charge < -0.3 is 20.3 Å². The van der Waals surface area contributed by atoms with Crippen molar-refractivity contribution in [2.45, 2.75) is 45.0 Å². The Morgan fingerprint density at radius 3 is 2.55 bits per heavy atom. The van der Waals surface area contributed by atoms with E-state index in [0.717, 1.165) is 0 Å². The molecule has 1 amide bonds. The van der Waals surface area contributed by atoms with Gasteiger partial charge in [-0.1, -0.05) is 23.2 Å². The smallest absolute Gasteiger partial charge is 0.407 e. The zero-order chi connectivity index (χ0) is 16.9. The van der Waals surface area contributed by atoms with Gasteiger partial charge >= 0.3 is 6.09 Å². The summed E-state index contributed by atoms with van der Waals surface area (Å²) in [5.41, 5.74) is -0.241. The molecule has 5 nitrogen and oxygen atoms in total. The molecule has 0 aliphatic rings. The minimum atomic E-state index is -1.19. The fourth-order valence-electron chi connectivity index (χ4n) is 1.74. The first-order valence-corrected chi connectivity index (χ1v) is 7.63. The molecule has 0 spiro atoms. The first-order valence-electron chi connectivity index (χ1n) is 6.88. The molecule has 1 aromatic carbocycles. The van der Waals surface area contributed by atoms with Gasteiger partial charge in [-0.05, 0) is 45.4 Å². The number of hydrogen-bond donors (Lipinski definition) is 3. The third kappa shape index (κ3) is 6.40. The van der Waals surface area contributed by atoms with Crippen molar-refractivity contribution in [2.24, 2.45) is 0 Å². The van der Waals surface area contributed by atoms with Crippen LogP contribution in [0.15, 0.2) is 18.2 Å². The molecule has 0 heterocycles. The standard InChI is InChI=1S/C15H21Cl2NO4/c1-15(2,3)22-14(21)18-7-6-12(19)13(20)10-8-9(16)4-5-11(10)17/h4-5,8,12-13,19-20H,6-7H2,1-3H3,(H,18,21). The Morgan fingerprint density at radius 2 is 1.95 bits per heavy atom. The molecule has 1 rings (SSSR count). The van der Waals surface area contributed by atoms with Crippen LogP contribution in [0.25, 0.3) is 0 Å². The van der Waals surface area contributed by atoms with Crippen LogP contribution in [0.4, 0.5) is 4.79 Å². The van der Waals surface area contributed by atoms with Crippen LogP contribution in [0.5, 0.6) is 0 Å². The molecule has 3 N–H and O–H groups in total. The van der Waals surface area contributed by atoms with Crippen LogP contribution in [0.1, 0.15) is 38.9 Å². The van der Waals surface area contributed by atoms with E-state index in [2.05, 4.69) is 5.32 Å². The van der Waals surface area contributed by atoms with Crippen LogP contribution < -0.4 is 5.32 Å². The molecule has 2 unspecified atom stereocenters. The lowest BCUT2D eigenvalue weighted by molar-refractivity contribution is 0.0123. The van der Waals surface area contributed by atoms with E-state index in [1.165, 1.54) is 6.07 Å². The van der Waals surface area contributed by atoms with Gasteiger partial charge in [0.15, 0.2) is 0 Å². The summed E-state index contributed by atoms with van der Waals surface area (Å²) < 4.78 is 5.07. The third-order valence-corrected chi connectivity index (χ3v) is 3.33. The summed E-state index contributed by atoms with van der Waals surface area (Å²) >= 11 is 11.8. The summed E-state index contributed by atoms with van der Waals surface area (Å²) in [7, 11) is 0. The second-order valence-electron chi connectivity index (χ2n) is 5.90. The lowest BCUT2D eigenvalue weighted by atomic mass is 10.0. The van der Waals surface area contributed by atoms with E-state index >= 15 is 0 Å². The number of aliphatic hydroxyl groups is 2. The highest BCUT2D eigenvalue weighted by atomic mass is 35.5. The van der Waals surface area contributed by atoms with Crippen LogP contribution in [-0.4, -0.2) is 34.6 Å². The van der Waals surface area contributed by atoms with Crippen molar-refractivity contribution in [1.29, 1.82) is 0 Å². The first kappa shape index (κ1) is 19.0. The molecule has 0 bridgehead atoms. The average molecular weight is 350 g/mol. The van der Waals surface area contributed by atoms with E-state index < -0.39 is 23.9 Å². The molecule has 0 fully saturated rings.